The number of furan rings is 1. The van der Waals surface area contributed by atoms with Gasteiger partial charge in [-0.3, -0.25) is 9.59 Å². The maximum atomic E-state index is 13.0. The Morgan fingerprint density at radius 1 is 1.24 bits per heavy atom. The molecule has 2 N–H and O–H groups in total. The van der Waals surface area contributed by atoms with Gasteiger partial charge < -0.3 is 19.8 Å². The molecule has 2 amide bonds. The molecular formula is C19H21N3O6S. The fourth-order valence-electron chi connectivity index (χ4n) is 3.46. The first-order valence-corrected chi connectivity index (χ1v) is 10.7. The predicted octanol–water partition coefficient (Wildman–Crippen LogP) is 1.33. The number of hydrogen-bond donors (Lipinski definition) is 2. The molecule has 2 aliphatic heterocycles. The monoisotopic (exact) mass is 419 g/mol. The van der Waals surface area contributed by atoms with E-state index < -0.39 is 10.0 Å². The van der Waals surface area contributed by atoms with Gasteiger partial charge in [-0.1, -0.05) is 0 Å². The van der Waals surface area contributed by atoms with Crippen molar-refractivity contribution in [3.8, 4) is 5.75 Å². The number of benzene rings is 1. The van der Waals surface area contributed by atoms with Crippen LogP contribution in [0.15, 0.2) is 45.9 Å². The van der Waals surface area contributed by atoms with Gasteiger partial charge in [0.1, 0.15) is 11.5 Å². The molecule has 3 heterocycles. The van der Waals surface area contributed by atoms with Crippen molar-refractivity contribution >= 4 is 27.5 Å². The molecule has 154 valence electrons. The first-order chi connectivity index (χ1) is 13.9. The molecule has 1 aromatic carbocycles. The fourth-order valence-corrected chi connectivity index (χ4v) is 4.96. The van der Waals surface area contributed by atoms with Crippen LogP contribution in [0, 0.1) is 5.92 Å². The van der Waals surface area contributed by atoms with E-state index in [4.69, 9.17) is 9.15 Å². The van der Waals surface area contributed by atoms with Crippen LogP contribution in [0.3, 0.4) is 0 Å². The molecule has 9 nitrogen and oxygen atoms in total. The second kappa shape index (κ2) is 7.88. The molecule has 1 saturated heterocycles. The second-order valence-corrected chi connectivity index (χ2v) is 8.91. The summed E-state index contributed by atoms with van der Waals surface area (Å²) in [5.41, 5.74) is 0.342. The molecule has 0 saturated carbocycles. The minimum atomic E-state index is -3.73. The van der Waals surface area contributed by atoms with Crippen LogP contribution in [0.25, 0.3) is 0 Å². The summed E-state index contributed by atoms with van der Waals surface area (Å²) in [5.74, 6) is 0.436. The van der Waals surface area contributed by atoms with Crippen LogP contribution in [0.5, 0.6) is 5.75 Å². The highest BCUT2D eigenvalue weighted by Crippen LogP contribution is 2.32. The summed E-state index contributed by atoms with van der Waals surface area (Å²) >= 11 is 0. The molecule has 1 aromatic heterocycles. The Hall–Kier alpha value is -2.85. The first kappa shape index (κ1) is 19.5. The SMILES string of the molecule is O=C1COc2ccc(S(=O)(=O)N3CCC(C(=O)NCc4ccco4)CC3)cc2N1. The van der Waals surface area contributed by atoms with Gasteiger partial charge in [0.2, 0.25) is 15.9 Å². The Morgan fingerprint density at radius 3 is 2.76 bits per heavy atom. The van der Waals surface area contributed by atoms with E-state index in [1.165, 1.54) is 22.5 Å². The van der Waals surface area contributed by atoms with Gasteiger partial charge >= 0.3 is 0 Å². The first-order valence-electron chi connectivity index (χ1n) is 9.30. The van der Waals surface area contributed by atoms with Crippen LogP contribution in [0.4, 0.5) is 5.69 Å². The fraction of sp³-hybridized carbons (Fsp3) is 0.368. The summed E-state index contributed by atoms with van der Waals surface area (Å²) in [7, 11) is -3.73. The van der Waals surface area contributed by atoms with Crippen LogP contribution in [0.2, 0.25) is 0 Å². The largest absolute Gasteiger partial charge is 0.482 e. The maximum Gasteiger partial charge on any atom is 0.262 e. The number of hydrogen-bond acceptors (Lipinski definition) is 6. The van der Waals surface area contributed by atoms with Crippen molar-refractivity contribution in [2.24, 2.45) is 5.92 Å². The van der Waals surface area contributed by atoms with Crippen LogP contribution < -0.4 is 15.4 Å². The highest BCUT2D eigenvalue weighted by Gasteiger charge is 2.33. The van der Waals surface area contributed by atoms with Gasteiger partial charge in [-0.15, -0.1) is 0 Å². The number of piperidine rings is 1. The van der Waals surface area contributed by atoms with E-state index in [0.717, 1.165) is 0 Å². The lowest BCUT2D eigenvalue weighted by Crippen LogP contribution is -2.42. The van der Waals surface area contributed by atoms with Gasteiger partial charge in [0.25, 0.3) is 5.91 Å². The van der Waals surface area contributed by atoms with Gasteiger partial charge in [-0.2, -0.15) is 4.31 Å². The molecule has 0 unspecified atom stereocenters. The highest BCUT2D eigenvalue weighted by molar-refractivity contribution is 7.89. The molecule has 29 heavy (non-hydrogen) atoms. The number of nitrogens with one attached hydrogen (secondary N) is 2. The number of anilines is 1. The van der Waals surface area contributed by atoms with Crippen molar-refractivity contribution in [2.45, 2.75) is 24.3 Å². The number of ether oxygens (including phenoxy) is 1. The number of nitrogens with zero attached hydrogens (tertiary/aromatic N) is 1. The second-order valence-electron chi connectivity index (χ2n) is 6.97. The van der Waals surface area contributed by atoms with E-state index in [-0.39, 0.29) is 42.3 Å². The molecule has 2 aromatic rings. The zero-order valence-electron chi connectivity index (χ0n) is 15.6. The van der Waals surface area contributed by atoms with Gasteiger partial charge in [0.05, 0.1) is 23.4 Å². The summed E-state index contributed by atoms with van der Waals surface area (Å²) in [6.07, 6.45) is 2.42. The quantitative estimate of drug-likeness (QED) is 0.755. The van der Waals surface area contributed by atoms with Gasteiger partial charge in [-0.25, -0.2) is 8.42 Å². The van der Waals surface area contributed by atoms with Crippen LogP contribution in [0.1, 0.15) is 18.6 Å². The number of amides is 2. The lowest BCUT2D eigenvalue weighted by Gasteiger charge is -2.30. The van der Waals surface area contributed by atoms with E-state index in [1.807, 2.05) is 0 Å². The molecule has 10 heteroatoms. The van der Waals surface area contributed by atoms with E-state index in [0.29, 0.717) is 36.6 Å². The number of sulfonamides is 1. The van der Waals surface area contributed by atoms with E-state index in [2.05, 4.69) is 10.6 Å². The molecule has 0 spiro atoms. The average molecular weight is 419 g/mol. The van der Waals surface area contributed by atoms with Crippen molar-refractivity contribution < 1.29 is 27.2 Å². The lowest BCUT2D eigenvalue weighted by molar-refractivity contribution is -0.126. The van der Waals surface area contributed by atoms with Crippen molar-refractivity contribution in [1.29, 1.82) is 0 Å². The standard InChI is InChI=1S/C19H21N3O6S/c23-18-12-28-17-4-3-15(10-16(17)21-18)29(25,26)22-7-5-13(6-8-22)19(24)20-11-14-2-1-9-27-14/h1-4,9-10,13H,5-8,11-12H2,(H,20,24)(H,21,23). The van der Waals surface area contributed by atoms with E-state index in [1.54, 1.807) is 18.4 Å². The third kappa shape index (κ3) is 4.13. The molecular weight excluding hydrogens is 398 g/mol. The minimum absolute atomic E-state index is 0.0859. The average Bonchev–Trinajstić information content (AvgIpc) is 3.25. The normalized spacial score (nSPS) is 17.9. The van der Waals surface area contributed by atoms with Crippen molar-refractivity contribution in [3.63, 3.8) is 0 Å². The number of fused-ring (bicyclic) bond motifs is 1. The molecule has 2 aliphatic rings. The zero-order chi connectivity index (χ0) is 20.4. The summed E-state index contributed by atoms with van der Waals surface area (Å²) in [6, 6.07) is 7.94. The molecule has 0 radical (unpaired) electrons. The Morgan fingerprint density at radius 2 is 2.03 bits per heavy atom. The van der Waals surface area contributed by atoms with E-state index >= 15 is 0 Å². The van der Waals surface area contributed by atoms with E-state index in [9.17, 15) is 18.0 Å². The summed E-state index contributed by atoms with van der Waals surface area (Å²) in [6.45, 7) is 0.726. The Balaban J connectivity index is 1.38. The highest BCUT2D eigenvalue weighted by atomic mass is 32.2. The van der Waals surface area contributed by atoms with Gasteiger partial charge in [-0.05, 0) is 43.2 Å². The van der Waals surface area contributed by atoms with Crippen LogP contribution in [-0.2, 0) is 26.2 Å². The third-order valence-corrected chi connectivity index (χ3v) is 6.96. The number of rotatable bonds is 5. The topological polar surface area (TPSA) is 118 Å². The minimum Gasteiger partial charge on any atom is -0.482 e. The zero-order valence-corrected chi connectivity index (χ0v) is 16.4. The Kier molecular flexibility index (Phi) is 5.29. The predicted molar refractivity (Wildman–Crippen MR) is 103 cm³/mol. The molecule has 0 bridgehead atoms. The van der Waals surface area contributed by atoms with Gasteiger partial charge in [0, 0.05) is 19.0 Å². The van der Waals surface area contributed by atoms with Crippen molar-refractivity contribution in [3.05, 3.63) is 42.4 Å². The summed E-state index contributed by atoms with van der Waals surface area (Å²) < 4.78 is 37.8. The third-order valence-electron chi connectivity index (χ3n) is 5.06. The van der Waals surface area contributed by atoms with Crippen LogP contribution in [-0.4, -0.2) is 44.2 Å². The number of carbonyl (C=O) groups is 2. The maximum absolute atomic E-state index is 13.0. The summed E-state index contributed by atoms with van der Waals surface area (Å²) in [5, 5.41) is 5.44. The van der Waals surface area contributed by atoms with Crippen LogP contribution >= 0.6 is 0 Å². The molecule has 1 fully saturated rings. The molecule has 4 rings (SSSR count). The van der Waals surface area contributed by atoms with Gasteiger partial charge in [0.15, 0.2) is 6.61 Å². The van der Waals surface area contributed by atoms with Crippen molar-refractivity contribution in [2.75, 3.05) is 25.0 Å². The number of carbonyl (C=O) groups excluding carboxylic acids is 2. The Bertz CT molecular complexity index is 1010. The lowest BCUT2D eigenvalue weighted by atomic mass is 9.97. The Labute approximate surface area is 168 Å². The summed E-state index contributed by atoms with van der Waals surface area (Å²) in [4.78, 5) is 23.9. The smallest absolute Gasteiger partial charge is 0.262 e. The van der Waals surface area contributed by atoms with Crippen molar-refractivity contribution in [1.82, 2.24) is 9.62 Å². The molecule has 0 atom stereocenters. The molecule has 0 aliphatic carbocycles.